The zero-order valence-electron chi connectivity index (χ0n) is 16.4. The van der Waals surface area contributed by atoms with E-state index in [1.54, 1.807) is 23.1 Å². The maximum Gasteiger partial charge on any atom is 0.255 e. The summed E-state index contributed by atoms with van der Waals surface area (Å²) in [5.74, 6) is 0.128. The lowest BCUT2D eigenvalue weighted by atomic mass is 9.94. The Bertz CT molecular complexity index is 792. The van der Waals surface area contributed by atoms with E-state index in [2.05, 4.69) is 10.6 Å². The predicted octanol–water partition coefficient (Wildman–Crippen LogP) is 0.855. The number of hydrogen-bond acceptors (Lipinski definition) is 5. The molecule has 0 aliphatic carbocycles. The van der Waals surface area contributed by atoms with Crippen molar-refractivity contribution in [3.05, 3.63) is 29.8 Å². The quantitative estimate of drug-likeness (QED) is 0.780. The molecular formula is C21H27N3O5. The number of rotatable bonds is 4. The minimum atomic E-state index is -0.652. The lowest BCUT2D eigenvalue weighted by Crippen LogP contribution is -2.46. The van der Waals surface area contributed by atoms with Crippen LogP contribution in [0.25, 0.3) is 0 Å². The van der Waals surface area contributed by atoms with Gasteiger partial charge in [0.05, 0.1) is 24.8 Å². The van der Waals surface area contributed by atoms with Gasteiger partial charge >= 0.3 is 0 Å². The molecule has 1 aromatic rings. The van der Waals surface area contributed by atoms with Crippen LogP contribution in [-0.2, 0) is 14.3 Å². The second kappa shape index (κ2) is 8.41. The molecule has 1 aromatic carbocycles. The van der Waals surface area contributed by atoms with Crippen LogP contribution in [-0.4, -0.2) is 67.1 Å². The van der Waals surface area contributed by atoms with Crippen LogP contribution in [0.1, 0.15) is 42.5 Å². The number of carbonyl (C=O) groups excluding carboxylic acids is 3. The molecule has 3 amide bonds. The summed E-state index contributed by atoms with van der Waals surface area (Å²) in [6.45, 7) is 2.01. The van der Waals surface area contributed by atoms with E-state index >= 15 is 0 Å². The average Bonchev–Trinajstić information content (AvgIpc) is 3.15. The van der Waals surface area contributed by atoms with Crippen molar-refractivity contribution in [2.45, 2.75) is 43.8 Å². The third kappa shape index (κ3) is 4.53. The van der Waals surface area contributed by atoms with Gasteiger partial charge in [-0.25, -0.2) is 0 Å². The number of amides is 3. The van der Waals surface area contributed by atoms with Crippen LogP contribution in [0.2, 0.25) is 0 Å². The number of benzene rings is 1. The summed E-state index contributed by atoms with van der Waals surface area (Å²) in [5, 5.41) is 5.79. The SMILES string of the molecule is O=C(CN1CC[C@@]2(CCC1=O)CNC(=O)c1ccccc1O2)NC[C@H]1CCCO1. The number of para-hydroxylation sites is 1. The van der Waals surface area contributed by atoms with Gasteiger partial charge in [-0.1, -0.05) is 12.1 Å². The van der Waals surface area contributed by atoms with E-state index in [1.165, 1.54) is 0 Å². The standard InChI is InChI=1S/C21H27N3O5/c25-18(22-12-15-4-3-11-28-15)13-24-10-9-21(8-7-19(24)26)14-23-20(27)16-5-1-2-6-17(16)29-21/h1-2,5-6,15H,3-4,7-14H2,(H,22,25)(H,23,27)/t15-,21+/m1/s1. The highest BCUT2D eigenvalue weighted by atomic mass is 16.5. The molecule has 1 spiro atoms. The van der Waals surface area contributed by atoms with Crippen molar-refractivity contribution in [2.24, 2.45) is 0 Å². The maximum atomic E-state index is 12.6. The number of fused-ring (bicyclic) bond motifs is 1. The van der Waals surface area contributed by atoms with Crippen LogP contribution in [0.15, 0.2) is 24.3 Å². The van der Waals surface area contributed by atoms with Gasteiger partial charge in [0.15, 0.2) is 0 Å². The van der Waals surface area contributed by atoms with Crippen molar-refractivity contribution in [3.8, 4) is 5.75 Å². The molecule has 8 heteroatoms. The lowest BCUT2D eigenvalue weighted by molar-refractivity contribution is -0.135. The minimum Gasteiger partial charge on any atom is -0.485 e. The molecule has 2 saturated heterocycles. The largest absolute Gasteiger partial charge is 0.485 e. The summed E-state index contributed by atoms with van der Waals surface area (Å²) < 4.78 is 11.8. The van der Waals surface area contributed by atoms with Gasteiger partial charge < -0.3 is 25.0 Å². The summed E-state index contributed by atoms with van der Waals surface area (Å²) in [6.07, 6.45) is 3.37. The van der Waals surface area contributed by atoms with Gasteiger partial charge in [-0.3, -0.25) is 14.4 Å². The monoisotopic (exact) mass is 401 g/mol. The van der Waals surface area contributed by atoms with E-state index in [0.717, 1.165) is 19.4 Å². The Balaban J connectivity index is 1.38. The van der Waals surface area contributed by atoms with Gasteiger partial charge in [0.1, 0.15) is 11.4 Å². The highest BCUT2D eigenvalue weighted by Gasteiger charge is 2.40. The Hall–Kier alpha value is -2.61. The molecule has 3 aliphatic heterocycles. The van der Waals surface area contributed by atoms with Crippen LogP contribution in [0.3, 0.4) is 0 Å². The van der Waals surface area contributed by atoms with Crippen molar-refractivity contribution in [1.29, 1.82) is 0 Å². The molecule has 0 aromatic heterocycles. The van der Waals surface area contributed by atoms with E-state index in [9.17, 15) is 14.4 Å². The summed E-state index contributed by atoms with van der Waals surface area (Å²) in [5.41, 5.74) is -0.147. The number of nitrogens with zero attached hydrogens (tertiary/aromatic N) is 1. The lowest BCUT2D eigenvalue weighted by Gasteiger charge is -2.32. The third-order valence-corrected chi connectivity index (χ3v) is 5.90. The van der Waals surface area contributed by atoms with Crippen molar-refractivity contribution >= 4 is 17.7 Å². The molecule has 2 fully saturated rings. The highest BCUT2D eigenvalue weighted by Crippen LogP contribution is 2.33. The smallest absolute Gasteiger partial charge is 0.255 e. The molecule has 4 rings (SSSR count). The molecule has 0 saturated carbocycles. The molecule has 3 aliphatic rings. The van der Waals surface area contributed by atoms with E-state index in [0.29, 0.717) is 43.8 Å². The Morgan fingerprint density at radius 1 is 1.28 bits per heavy atom. The zero-order valence-corrected chi connectivity index (χ0v) is 16.4. The number of ether oxygens (including phenoxy) is 2. The Labute approximate surface area is 169 Å². The van der Waals surface area contributed by atoms with Gasteiger partial charge in [0, 0.05) is 32.5 Å². The van der Waals surface area contributed by atoms with Crippen molar-refractivity contribution < 1.29 is 23.9 Å². The van der Waals surface area contributed by atoms with E-state index in [1.807, 2.05) is 6.07 Å². The van der Waals surface area contributed by atoms with Gasteiger partial charge in [-0.2, -0.15) is 0 Å². The fraction of sp³-hybridized carbons (Fsp3) is 0.571. The second-order valence-corrected chi connectivity index (χ2v) is 7.97. The van der Waals surface area contributed by atoms with Crippen LogP contribution in [0.4, 0.5) is 0 Å². The molecule has 8 nitrogen and oxygen atoms in total. The number of carbonyl (C=O) groups is 3. The first-order valence-electron chi connectivity index (χ1n) is 10.3. The van der Waals surface area contributed by atoms with Crippen LogP contribution in [0.5, 0.6) is 5.75 Å². The predicted molar refractivity (Wildman–Crippen MR) is 105 cm³/mol. The topological polar surface area (TPSA) is 97.0 Å². The molecule has 0 bridgehead atoms. The Kier molecular flexibility index (Phi) is 5.71. The number of hydrogen-bond donors (Lipinski definition) is 2. The fourth-order valence-electron chi connectivity index (χ4n) is 4.14. The number of nitrogens with one attached hydrogen (secondary N) is 2. The van der Waals surface area contributed by atoms with Crippen LogP contribution in [0, 0.1) is 0 Å². The molecular weight excluding hydrogens is 374 g/mol. The van der Waals surface area contributed by atoms with Crippen molar-refractivity contribution in [3.63, 3.8) is 0 Å². The first kappa shape index (κ1) is 19.7. The number of likely N-dealkylation sites (tertiary alicyclic amines) is 1. The zero-order chi connectivity index (χ0) is 20.3. The summed E-state index contributed by atoms with van der Waals surface area (Å²) in [7, 11) is 0. The fourth-order valence-corrected chi connectivity index (χ4v) is 4.14. The van der Waals surface area contributed by atoms with Gasteiger partial charge in [0.25, 0.3) is 5.91 Å². The maximum absolute atomic E-state index is 12.6. The van der Waals surface area contributed by atoms with E-state index in [4.69, 9.17) is 9.47 Å². The van der Waals surface area contributed by atoms with Gasteiger partial charge in [0.2, 0.25) is 11.8 Å². The molecule has 0 radical (unpaired) electrons. The first-order valence-corrected chi connectivity index (χ1v) is 10.3. The molecule has 29 heavy (non-hydrogen) atoms. The van der Waals surface area contributed by atoms with Gasteiger partial charge in [-0.05, 0) is 31.4 Å². The first-order chi connectivity index (χ1) is 14.0. The molecule has 0 unspecified atom stereocenters. The summed E-state index contributed by atoms with van der Waals surface area (Å²) in [4.78, 5) is 38.8. The van der Waals surface area contributed by atoms with Crippen LogP contribution >= 0.6 is 0 Å². The van der Waals surface area contributed by atoms with Crippen molar-refractivity contribution in [2.75, 3.05) is 32.8 Å². The normalized spacial score (nSPS) is 26.9. The van der Waals surface area contributed by atoms with E-state index < -0.39 is 5.60 Å². The molecule has 2 atom stereocenters. The highest BCUT2D eigenvalue weighted by molar-refractivity contribution is 5.97. The second-order valence-electron chi connectivity index (χ2n) is 7.97. The van der Waals surface area contributed by atoms with Crippen molar-refractivity contribution in [1.82, 2.24) is 15.5 Å². The summed E-state index contributed by atoms with van der Waals surface area (Å²) in [6, 6.07) is 7.15. The minimum absolute atomic E-state index is 0.0323. The molecule has 2 N–H and O–H groups in total. The van der Waals surface area contributed by atoms with E-state index in [-0.39, 0.29) is 36.8 Å². The Morgan fingerprint density at radius 3 is 2.97 bits per heavy atom. The average molecular weight is 401 g/mol. The van der Waals surface area contributed by atoms with Gasteiger partial charge in [-0.15, -0.1) is 0 Å². The van der Waals surface area contributed by atoms with Crippen LogP contribution < -0.4 is 15.4 Å². The molecule has 3 heterocycles. The molecule has 156 valence electrons. The Morgan fingerprint density at radius 2 is 2.14 bits per heavy atom. The third-order valence-electron chi connectivity index (χ3n) is 5.90. The summed E-state index contributed by atoms with van der Waals surface area (Å²) >= 11 is 0.